The molecule has 0 spiro atoms. The number of aryl methyl sites for hydroxylation is 2. The van der Waals surface area contributed by atoms with E-state index in [-0.39, 0.29) is 24.5 Å². The third kappa shape index (κ3) is 6.59. The van der Waals surface area contributed by atoms with Crippen molar-refractivity contribution in [1.82, 2.24) is 5.32 Å². The largest absolute Gasteiger partial charge is 0.376 e. The Morgan fingerprint density at radius 3 is 2.26 bits per heavy atom. The Kier molecular flexibility index (Phi) is 8.48. The van der Waals surface area contributed by atoms with Gasteiger partial charge in [0.1, 0.15) is 0 Å². The SMILES string of the molecule is Cc1cccc(C)c1N(Cc1ccc(C(=O)Nc2ccccc2C(=O)NC[C@H]2CCCO2)cc1)S(C)(=O)=O. The number of amides is 2. The number of hydrogen-bond acceptors (Lipinski definition) is 5. The van der Waals surface area contributed by atoms with Gasteiger partial charge in [-0.2, -0.15) is 0 Å². The molecule has 0 radical (unpaired) electrons. The van der Waals surface area contributed by atoms with Crippen molar-refractivity contribution in [3.63, 3.8) is 0 Å². The summed E-state index contributed by atoms with van der Waals surface area (Å²) in [5.74, 6) is -0.648. The van der Waals surface area contributed by atoms with E-state index in [1.807, 2.05) is 32.0 Å². The van der Waals surface area contributed by atoms with E-state index in [4.69, 9.17) is 4.74 Å². The Morgan fingerprint density at radius 1 is 0.947 bits per heavy atom. The normalized spacial score (nSPS) is 15.2. The van der Waals surface area contributed by atoms with Crippen LogP contribution in [0.25, 0.3) is 0 Å². The van der Waals surface area contributed by atoms with Gasteiger partial charge in [0.2, 0.25) is 10.0 Å². The van der Waals surface area contributed by atoms with E-state index >= 15 is 0 Å². The van der Waals surface area contributed by atoms with Gasteiger partial charge in [-0.25, -0.2) is 8.42 Å². The van der Waals surface area contributed by atoms with Crippen LogP contribution in [0, 0.1) is 13.8 Å². The summed E-state index contributed by atoms with van der Waals surface area (Å²) in [6.45, 7) is 5.04. The van der Waals surface area contributed by atoms with Gasteiger partial charge < -0.3 is 15.4 Å². The maximum atomic E-state index is 13.0. The number of para-hydroxylation sites is 2. The zero-order chi connectivity index (χ0) is 27.3. The summed E-state index contributed by atoms with van der Waals surface area (Å²) >= 11 is 0. The molecule has 2 N–H and O–H groups in total. The molecule has 0 aromatic heterocycles. The van der Waals surface area contributed by atoms with Gasteiger partial charge in [-0.15, -0.1) is 0 Å². The summed E-state index contributed by atoms with van der Waals surface area (Å²) in [5, 5.41) is 5.71. The summed E-state index contributed by atoms with van der Waals surface area (Å²) in [6.07, 6.45) is 3.12. The number of anilines is 2. The minimum atomic E-state index is -3.54. The first-order valence-electron chi connectivity index (χ1n) is 12.6. The molecule has 2 amide bonds. The van der Waals surface area contributed by atoms with E-state index in [1.54, 1.807) is 48.5 Å². The molecule has 0 bridgehead atoms. The van der Waals surface area contributed by atoms with Crippen molar-refractivity contribution in [3.8, 4) is 0 Å². The van der Waals surface area contributed by atoms with Gasteiger partial charge in [0, 0.05) is 18.7 Å². The van der Waals surface area contributed by atoms with Crippen LogP contribution in [-0.2, 0) is 21.3 Å². The summed E-state index contributed by atoms with van der Waals surface area (Å²) in [6, 6.07) is 19.3. The van der Waals surface area contributed by atoms with Gasteiger partial charge in [-0.1, -0.05) is 42.5 Å². The average Bonchev–Trinajstić information content (AvgIpc) is 3.40. The van der Waals surface area contributed by atoms with Crippen molar-refractivity contribution in [3.05, 3.63) is 94.5 Å². The standard InChI is InChI=1S/C29H33N3O5S/c1-20-8-6-9-21(2)27(20)32(38(3,35)36)19-22-13-15-23(16-14-22)28(33)31-26-12-5-4-11-25(26)29(34)30-18-24-10-7-17-37-24/h4-6,8-9,11-16,24H,7,10,17-19H2,1-3H3,(H,30,34)(H,31,33)/t24-/m1/s1. The summed E-state index contributed by atoms with van der Waals surface area (Å²) in [7, 11) is -3.54. The maximum Gasteiger partial charge on any atom is 0.255 e. The molecule has 1 fully saturated rings. The van der Waals surface area contributed by atoms with Crippen molar-refractivity contribution in [1.29, 1.82) is 0 Å². The van der Waals surface area contributed by atoms with E-state index in [1.165, 1.54) is 10.6 Å². The highest BCUT2D eigenvalue weighted by molar-refractivity contribution is 7.92. The second-order valence-corrected chi connectivity index (χ2v) is 11.5. The summed E-state index contributed by atoms with van der Waals surface area (Å²) in [5.41, 5.74) is 4.29. The number of rotatable bonds is 9. The van der Waals surface area contributed by atoms with E-state index in [9.17, 15) is 18.0 Å². The molecule has 0 saturated carbocycles. The molecule has 1 saturated heterocycles. The molecule has 1 heterocycles. The lowest BCUT2D eigenvalue weighted by atomic mass is 10.1. The molecule has 1 aliphatic rings. The molecule has 3 aromatic rings. The lowest BCUT2D eigenvalue weighted by Crippen LogP contribution is -2.32. The van der Waals surface area contributed by atoms with Crippen molar-refractivity contribution in [2.75, 3.05) is 29.0 Å². The number of nitrogens with zero attached hydrogens (tertiary/aromatic N) is 1. The predicted molar refractivity (Wildman–Crippen MR) is 149 cm³/mol. The molecule has 4 rings (SSSR count). The van der Waals surface area contributed by atoms with Crippen LogP contribution in [0.4, 0.5) is 11.4 Å². The Labute approximate surface area is 224 Å². The fraction of sp³-hybridized carbons (Fsp3) is 0.310. The van der Waals surface area contributed by atoms with Gasteiger partial charge in [-0.3, -0.25) is 13.9 Å². The highest BCUT2D eigenvalue weighted by atomic mass is 32.2. The molecule has 1 atom stereocenters. The smallest absolute Gasteiger partial charge is 0.255 e. The zero-order valence-corrected chi connectivity index (χ0v) is 22.7. The van der Waals surface area contributed by atoms with E-state index < -0.39 is 10.0 Å². The average molecular weight is 536 g/mol. The number of nitrogens with one attached hydrogen (secondary N) is 2. The number of carbonyl (C=O) groups excluding carboxylic acids is 2. The summed E-state index contributed by atoms with van der Waals surface area (Å²) in [4.78, 5) is 25.8. The summed E-state index contributed by atoms with van der Waals surface area (Å²) < 4.78 is 32.2. The van der Waals surface area contributed by atoms with Crippen LogP contribution in [0.2, 0.25) is 0 Å². The minimum absolute atomic E-state index is 0.0209. The van der Waals surface area contributed by atoms with Crippen LogP contribution in [0.15, 0.2) is 66.7 Å². The molecule has 8 nitrogen and oxygen atoms in total. The number of benzene rings is 3. The van der Waals surface area contributed by atoms with Gasteiger partial charge in [0.25, 0.3) is 11.8 Å². The monoisotopic (exact) mass is 535 g/mol. The molecule has 200 valence electrons. The second kappa shape index (κ2) is 11.8. The Balaban J connectivity index is 1.46. The lowest BCUT2D eigenvalue weighted by Gasteiger charge is -2.26. The van der Waals surface area contributed by atoms with E-state index in [0.29, 0.717) is 35.7 Å². The molecule has 1 aliphatic heterocycles. The molecule has 0 unspecified atom stereocenters. The lowest BCUT2D eigenvalue weighted by molar-refractivity contribution is 0.0858. The Bertz CT molecular complexity index is 1390. The first-order valence-corrected chi connectivity index (χ1v) is 14.4. The van der Waals surface area contributed by atoms with Gasteiger partial charge in [0.05, 0.1) is 35.8 Å². The Morgan fingerprint density at radius 2 is 1.63 bits per heavy atom. The molecule has 38 heavy (non-hydrogen) atoms. The highest BCUT2D eigenvalue weighted by Crippen LogP contribution is 2.28. The van der Waals surface area contributed by atoms with Crippen molar-refractivity contribution in [2.24, 2.45) is 0 Å². The van der Waals surface area contributed by atoms with Gasteiger partial charge in [0.15, 0.2) is 0 Å². The van der Waals surface area contributed by atoms with Crippen LogP contribution in [0.5, 0.6) is 0 Å². The van der Waals surface area contributed by atoms with Crippen LogP contribution < -0.4 is 14.9 Å². The van der Waals surface area contributed by atoms with Crippen molar-refractivity contribution in [2.45, 2.75) is 39.3 Å². The number of sulfonamides is 1. The molecular formula is C29H33N3O5S. The topological polar surface area (TPSA) is 105 Å². The van der Waals surface area contributed by atoms with Crippen LogP contribution in [0.1, 0.15) is 50.2 Å². The van der Waals surface area contributed by atoms with Crippen molar-refractivity contribution >= 4 is 33.2 Å². The maximum absolute atomic E-state index is 13.0. The quantitative estimate of drug-likeness (QED) is 0.422. The zero-order valence-electron chi connectivity index (χ0n) is 21.9. The third-order valence-corrected chi connectivity index (χ3v) is 7.68. The molecular weight excluding hydrogens is 502 g/mol. The first-order chi connectivity index (χ1) is 18.1. The molecule has 3 aromatic carbocycles. The number of carbonyl (C=O) groups is 2. The van der Waals surface area contributed by atoms with E-state index in [2.05, 4.69) is 10.6 Å². The van der Waals surface area contributed by atoms with Crippen molar-refractivity contribution < 1.29 is 22.7 Å². The fourth-order valence-electron chi connectivity index (χ4n) is 4.58. The van der Waals surface area contributed by atoms with Gasteiger partial charge >= 0.3 is 0 Å². The van der Waals surface area contributed by atoms with Crippen LogP contribution in [0.3, 0.4) is 0 Å². The highest BCUT2D eigenvalue weighted by Gasteiger charge is 2.22. The first kappa shape index (κ1) is 27.3. The number of ether oxygens (including phenoxy) is 1. The molecule has 9 heteroatoms. The predicted octanol–water partition coefficient (Wildman–Crippen LogP) is 4.43. The van der Waals surface area contributed by atoms with Crippen LogP contribution >= 0.6 is 0 Å². The number of hydrogen-bond donors (Lipinski definition) is 2. The van der Waals surface area contributed by atoms with Gasteiger partial charge in [-0.05, 0) is 67.6 Å². The minimum Gasteiger partial charge on any atom is -0.376 e. The third-order valence-electron chi connectivity index (χ3n) is 6.57. The molecule has 0 aliphatic carbocycles. The Hall–Kier alpha value is -3.69. The fourth-order valence-corrected chi connectivity index (χ4v) is 5.58. The van der Waals surface area contributed by atoms with Crippen LogP contribution in [-0.4, -0.2) is 45.7 Å². The second-order valence-electron chi connectivity index (χ2n) is 9.55. The van der Waals surface area contributed by atoms with E-state index in [0.717, 1.165) is 29.5 Å².